The number of hydrogen-bond acceptors (Lipinski definition) is 4. The molecule has 0 spiro atoms. The van der Waals surface area contributed by atoms with Crippen LogP contribution in [-0.4, -0.2) is 25.3 Å². The number of ether oxygens (including phenoxy) is 2. The van der Waals surface area contributed by atoms with Gasteiger partial charge in [-0.1, -0.05) is 44.2 Å². The van der Waals surface area contributed by atoms with E-state index in [1.807, 2.05) is 30.3 Å². The molecule has 0 aliphatic carbocycles. The van der Waals surface area contributed by atoms with Crippen LogP contribution in [0.5, 0.6) is 0 Å². The highest BCUT2D eigenvalue weighted by atomic mass is 16.6. The lowest BCUT2D eigenvalue weighted by atomic mass is 10.1. The zero-order valence-electron chi connectivity index (χ0n) is 12.1. The highest BCUT2D eigenvalue weighted by molar-refractivity contribution is 5.71. The summed E-state index contributed by atoms with van der Waals surface area (Å²) in [5.74, 6) is -0.495. The molecule has 1 aromatic carbocycles. The molecule has 0 saturated carbocycles. The van der Waals surface area contributed by atoms with E-state index in [4.69, 9.17) is 9.47 Å². The summed E-state index contributed by atoms with van der Waals surface area (Å²) in [4.78, 5) is 23.1. The van der Waals surface area contributed by atoms with Gasteiger partial charge in [0.15, 0.2) is 0 Å². The van der Waals surface area contributed by atoms with Crippen LogP contribution < -0.4 is 5.32 Å². The van der Waals surface area contributed by atoms with E-state index in [1.54, 1.807) is 20.8 Å². The standard InChI is InChI=1S/C15H21NO4/c1-4-19-15(18)16-13(10-20-14(17)11(2)3)12-8-6-5-7-9-12/h5-9,11,13H,4,10H2,1-3H3,(H,16,18)/t13-/m0/s1. The number of carbonyl (C=O) groups is 2. The van der Waals surface area contributed by atoms with Crippen LogP contribution in [0.4, 0.5) is 4.79 Å². The summed E-state index contributed by atoms with van der Waals surface area (Å²) < 4.78 is 10.0. The first kappa shape index (κ1) is 16.0. The largest absolute Gasteiger partial charge is 0.463 e. The van der Waals surface area contributed by atoms with Crippen LogP contribution in [-0.2, 0) is 14.3 Å². The monoisotopic (exact) mass is 279 g/mol. The van der Waals surface area contributed by atoms with Crippen LogP contribution in [0.1, 0.15) is 32.4 Å². The van der Waals surface area contributed by atoms with E-state index < -0.39 is 12.1 Å². The van der Waals surface area contributed by atoms with E-state index in [0.717, 1.165) is 5.56 Å². The molecular weight excluding hydrogens is 258 g/mol. The topological polar surface area (TPSA) is 64.6 Å². The fraction of sp³-hybridized carbons (Fsp3) is 0.467. The summed E-state index contributed by atoms with van der Waals surface area (Å²) >= 11 is 0. The second kappa shape index (κ2) is 8.19. The zero-order chi connectivity index (χ0) is 15.0. The van der Waals surface area contributed by atoms with Crippen LogP contribution in [0, 0.1) is 5.92 Å². The number of benzene rings is 1. The van der Waals surface area contributed by atoms with Crippen molar-refractivity contribution in [2.75, 3.05) is 13.2 Å². The summed E-state index contributed by atoms with van der Waals surface area (Å²) in [5, 5.41) is 2.69. The molecular formula is C15H21NO4. The van der Waals surface area contributed by atoms with Crippen LogP contribution in [0.15, 0.2) is 30.3 Å². The van der Waals surface area contributed by atoms with Gasteiger partial charge in [-0.05, 0) is 12.5 Å². The molecule has 20 heavy (non-hydrogen) atoms. The molecule has 0 bridgehead atoms. The maximum absolute atomic E-state index is 11.5. The predicted molar refractivity (Wildman–Crippen MR) is 75.1 cm³/mol. The maximum atomic E-state index is 11.5. The van der Waals surface area contributed by atoms with Gasteiger partial charge >= 0.3 is 12.1 Å². The highest BCUT2D eigenvalue weighted by Crippen LogP contribution is 2.14. The predicted octanol–water partition coefficient (Wildman–Crippen LogP) is 2.67. The summed E-state index contributed by atoms with van der Waals surface area (Å²) in [7, 11) is 0. The Balaban J connectivity index is 2.69. The van der Waals surface area contributed by atoms with Crippen molar-refractivity contribution >= 4 is 12.1 Å². The van der Waals surface area contributed by atoms with Crippen molar-refractivity contribution < 1.29 is 19.1 Å². The van der Waals surface area contributed by atoms with Gasteiger partial charge in [0.05, 0.1) is 18.6 Å². The van der Waals surface area contributed by atoms with E-state index in [9.17, 15) is 9.59 Å². The average Bonchev–Trinajstić information content (AvgIpc) is 2.44. The van der Waals surface area contributed by atoms with Gasteiger partial charge in [0.25, 0.3) is 0 Å². The van der Waals surface area contributed by atoms with Crippen LogP contribution in [0.2, 0.25) is 0 Å². The summed E-state index contributed by atoms with van der Waals surface area (Å²) in [5.41, 5.74) is 0.858. The second-order valence-corrected chi connectivity index (χ2v) is 4.61. The Morgan fingerprint density at radius 2 is 1.80 bits per heavy atom. The lowest BCUT2D eigenvalue weighted by Gasteiger charge is -2.19. The quantitative estimate of drug-likeness (QED) is 0.813. The van der Waals surface area contributed by atoms with Crippen molar-refractivity contribution in [3.05, 3.63) is 35.9 Å². The SMILES string of the molecule is CCOC(=O)N[C@@H](COC(=O)C(C)C)c1ccccc1. The minimum atomic E-state index is -0.526. The van der Waals surface area contributed by atoms with Gasteiger partial charge in [0, 0.05) is 0 Å². The number of rotatable bonds is 6. The highest BCUT2D eigenvalue weighted by Gasteiger charge is 2.18. The normalized spacial score (nSPS) is 11.8. The Morgan fingerprint density at radius 3 is 2.35 bits per heavy atom. The summed E-state index contributed by atoms with van der Waals surface area (Å²) in [6.45, 7) is 5.63. The Bertz CT molecular complexity index is 431. The number of carbonyl (C=O) groups excluding carboxylic acids is 2. The van der Waals surface area contributed by atoms with Crippen molar-refractivity contribution in [2.45, 2.75) is 26.8 Å². The van der Waals surface area contributed by atoms with Gasteiger partial charge in [0.1, 0.15) is 6.61 Å². The molecule has 0 radical (unpaired) electrons. The number of amides is 1. The zero-order valence-corrected chi connectivity index (χ0v) is 12.1. The molecule has 1 aromatic rings. The molecule has 110 valence electrons. The Hall–Kier alpha value is -2.04. The first-order valence-corrected chi connectivity index (χ1v) is 6.69. The van der Waals surface area contributed by atoms with Crippen molar-refractivity contribution in [3.63, 3.8) is 0 Å². The molecule has 0 unspecified atom stereocenters. The van der Waals surface area contributed by atoms with E-state index in [0.29, 0.717) is 6.61 Å². The molecule has 0 aliphatic heterocycles. The number of esters is 1. The number of alkyl carbamates (subject to hydrolysis) is 1. The van der Waals surface area contributed by atoms with Crippen molar-refractivity contribution in [2.24, 2.45) is 5.92 Å². The summed E-state index contributed by atoms with van der Waals surface area (Å²) in [6.07, 6.45) is -0.526. The van der Waals surface area contributed by atoms with Crippen LogP contribution in [0.25, 0.3) is 0 Å². The smallest absolute Gasteiger partial charge is 0.407 e. The molecule has 5 nitrogen and oxygen atoms in total. The molecule has 1 amide bonds. The first-order chi connectivity index (χ1) is 9.54. The maximum Gasteiger partial charge on any atom is 0.407 e. The van der Waals surface area contributed by atoms with E-state index in [2.05, 4.69) is 5.32 Å². The molecule has 0 fully saturated rings. The van der Waals surface area contributed by atoms with Crippen LogP contribution in [0.3, 0.4) is 0 Å². The Labute approximate surface area is 119 Å². The molecule has 1 N–H and O–H groups in total. The van der Waals surface area contributed by atoms with Gasteiger partial charge in [-0.25, -0.2) is 4.79 Å². The van der Waals surface area contributed by atoms with E-state index in [1.165, 1.54) is 0 Å². The van der Waals surface area contributed by atoms with E-state index in [-0.39, 0.29) is 18.5 Å². The first-order valence-electron chi connectivity index (χ1n) is 6.69. The number of nitrogens with one attached hydrogen (secondary N) is 1. The fourth-order valence-corrected chi connectivity index (χ4v) is 1.55. The van der Waals surface area contributed by atoms with Crippen molar-refractivity contribution in [1.29, 1.82) is 0 Å². The van der Waals surface area contributed by atoms with Gasteiger partial charge in [0.2, 0.25) is 0 Å². The summed E-state index contributed by atoms with van der Waals surface area (Å²) in [6, 6.07) is 8.90. The average molecular weight is 279 g/mol. The van der Waals surface area contributed by atoms with Crippen LogP contribution >= 0.6 is 0 Å². The second-order valence-electron chi connectivity index (χ2n) is 4.61. The Morgan fingerprint density at radius 1 is 1.15 bits per heavy atom. The molecule has 0 saturated heterocycles. The number of hydrogen-bond donors (Lipinski definition) is 1. The van der Waals surface area contributed by atoms with Crippen molar-refractivity contribution in [1.82, 2.24) is 5.32 Å². The van der Waals surface area contributed by atoms with Gasteiger partial charge in [-0.2, -0.15) is 0 Å². The molecule has 5 heteroatoms. The molecule has 1 rings (SSSR count). The fourth-order valence-electron chi connectivity index (χ4n) is 1.55. The van der Waals surface area contributed by atoms with E-state index >= 15 is 0 Å². The molecule has 1 atom stereocenters. The molecule has 0 heterocycles. The minimum absolute atomic E-state index is 0.0832. The third-order valence-electron chi connectivity index (χ3n) is 2.63. The molecule has 0 aliphatic rings. The van der Waals surface area contributed by atoms with Gasteiger partial charge in [-0.3, -0.25) is 4.79 Å². The van der Waals surface area contributed by atoms with Gasteiger partial charge < -0.3 is 14.8 Å². The van der Waals surface area contributed by atoms with Gasteiger partial charge in [-0.15, -0.1) is 0 Å². The third-order valence-corrected chi connectivity index (χ3v) is 2.63. The third kappa shape index (κ3) is 5.30. The lowest BCUT2D eigenvalue weighted by Crippen LogP contribution is -2.33. The lowest BCUT2D eigenvalue weighted by molar-refractivity contribution is -0.148. The molecule has 0 aromatic heterocycles. The minimum Gasteiger partial charge on any atom is -0.463 e. The Kier molecular flexibility index (Phi) is 6.56. The van der Waals surface area contributed by atoms with Crippen molar-refractivity contribution in [3.8, 4) is 0 Å².